The fourth-order valence-electron chi connectivity index (χ4n) is 2.79. The Bertz CT molecular complexity index is 711. The summed E-state index contributed by atoms with van der Waals surface area (Å²) < 4.78 is 12.3. The molecule has 1 aliphatic rings. The van der Waals surface area contributed by atoms with Crippen molar-refractivity contribution >= 4 is 43.9 Å². The molecule has 1 aliphatic heterocycles. The average molecular weight is 490 g/mol. The Balaban J connectivity index is 2.55. The molecule has 1 heterocycles. The molecule has 0 fully saturated rings. The van der Waals surface area contributed by atoms with Crippen molar-refractivity contribution < 1.29 is 19.1 Å². The second-order valence-electron chi connectivity index (χ2n) is 5.64. The highest BCUT2D eigenvalue weighted by Gasteiger charge is 2.34. The van der Waals surface area contributed by atoms with E-state index < -0.39 is 12.0 Å². The van der Waals surface area contributed by atoms with Gasteiger partial charge in [-0.1, -0.05) is 13.3 Å². The quantitative estimate of drug-likeness (QED) is 0.549. The van der Waals surface area contributed by atoms with Gasteiger partial charge in [-0.2, -0.15) is 0 Å². The number of ether oxygens (including phenoxy) is 2. The van der Waals surface area contributed by atoms with Crippen LogP contribution in [-0.2, 0) is 9.53 Å². The van der Waals surface area contributed by atoms with E-state index in [-0.39, 0.29) is 12.6 Å². The van der Waals surface area contributed by atoms with Crippen LogP contribution in [0.15, 0.2) is 32.3 Å². The highest BCUT2D eigenvalue weighted by Crippen LogP contribution is 2.39. The smallest absolute Gasteiger partial charge is 0.338 e. The molecule has 1 aromatic rings. The van der Waals surface area contributed by atoms with E-state index in [0.717, 1.165) is 20.9 Å². The number of esters is 1. The fourth-order valence-corrected chi connectivity index (χ4v) is 4.24. The SMILES string of the molecule is CCCC1=C(C(=O)OCC)C(c2cc(Br)c(OCC)c(Br)c2)NC(=O)N1. The molecule has 2 rings (SSSR count). The predicted molar refractivity (Wildman–Crippen MR) is 106 cm³/mol. The van der Waals surface area contributed by atoms with E-state index in [1.54, 1.807) is 6.92 Å². The summed E-state index contributed by atoms with van der Waals surface area (Å²) in [5.41, 5.74) is 1.77. The van der Waals surface area contributed by atoms with Gasteiger partial charge in [-0.15, -0.1) is 0 Å². The number of rotatable bonds is 7. The van der Waals surface area contributed by atoms with E-state index >= 15 is 0 Å². The summed E-state index contributed by atoms with van der Waals surface area (Å²) in [7, 11) is 0. The number of halogens is 2. The van der Waals surface area contributed by atoms with Crippen molar-refractivity contribution in [3.05, 3.63) is 37.9 Å². The first-order valence-electron chi connectivity index (χ1n) is 8.52. The molecule has 0 aromatic heterocycles. The number of carbonyl (C=O) groups excluding carboxylic acids is 2. The van der Waals surface area contributed by atoms with Crippen LogP contribution in [0.5, 0.6) is 5.75 Å². The maximum absolute atomic E-state index is 12.6. The van der Waals surface area contributed by atoms with E-state index in [1.165, 1.54) is 0 Å². The molecule has 6 nitrogen and oxygen atoms in total. The lowest BCUT2D eigenvalue weighted by Crippen LogP contribution is -2.46. The molecule has 0 radical (unpaired) electrons. The van der Waals surface area contributed by atoms with Crippen molar-refractivity contribution in [2.24, 2.45) is 0 Å². The molecule has 0 saturated carbocycles. The Kier molecular flexibility index (Phi) is 7.52. The van der Waals surface area contributed by atoms with Crippen LogP contribution in [0.1, 0.15) is 45.2 Å². The molecule has 0 saturated heterocycles. The largest absolute Gasteiger partial charge is 0.492 e. The maximum Gasteiger partial charge on any atom is 0.338 e. The monoisotopic (exact) mass is 488 g/mol. The van der Waals surface area contributed by atoms with E-state index in [1.807, 2.05) is 26.0 Å². The van der Waals surface area contributed by atoms with E-state index in [0.29, 0.717) is 30.0 Å². The first-order chi connectivity index (χ1) is 12.4. The summed E-state index contributed by atoms with van der Waals surface area (Å²) >= 11 is 7.00. The minimum Gasteiger partial charge on any atom is -0.492 e. The van der Waals surface area contributed by atoms with Gasteiger partial charge in [0.05, 0.1) is 33.8 Å². The standard InChI is InChI=1S/C18H22Br2N2O4/c1-4-7-13-14(17(23)26-6-3)15(22-18(24)21-13)10-8-11(19)16(25-5-2)12(20)9-10/h8-9,15H,4-7H2,1-3H3,(H2,21,22,24). The molecule has 1 atom stereocenters. The third kappa shape index (κ3) is 4.59. The van der Waals surface area contributed by atoms with Gasteiger partial charge in [0.15, 0.2) is 0 Å². The Hall–Kier alpha value is -1.54. The molecule has 1 aromatic carbocycles. The number of hydrogen-bond acceptors (Lipinski definition) is 4. The Labute approximate surface area is 170 Å². The number of nitrogens with one attached hydrogen (secondary N) is 2. The number of allylic oxidation sites excluding steroid dienone is 1. The lowest BCUT2D eigenvalue weighted by Gasteiger charge is -2.29. The number of benzene rings is 1. The molecule has 2 N–H and O–H groups in total. The lowest BCUT2D eigenvalue weighted by molar-refractivity contribution is -0.139. The van der Waals surface area contributed by atoms with Gasteiger partial charge < -0.3 is 20.1 Å². The normalized spacial score (nSPS) is 16.8. The van der Waals surface area contributed by atoms with Crippen molar-refractivity contribution in [3.8, 4) is 5.75 Å². The van der Waals surface area contributed by atoms with E-state index in [9.17, 15) is 9.59 Å². The molecule has 8 heteroatoms. The summed E-state index contributed by atoms with van der Waals surface area (Å²) in [6.07, 6.45) is 1.37. The van der Waals surface area contributed by atoms with Gasteiger partial charge in [-0.25, -0.2) is 9.59 Å². The van der Waals surface area contributed by atoms with Gasteiger partial charge in [0.2, 0.25) is 0 Å². The molecule has 0 bridgehead atoms. The minimum atomic E-state index is -0.604. The van der Waals surface area contributed by atoms with Gasteiger partial charge in [0, 0.05) is 5.70 Å². The molecule has 2 amide bonds. The zero-order valence-corrected chi connectivity index (χ0v) is 18.1. The van der Waals surface area contributed by atoms with Crippen LogP contribution < -0.4 is 15.4 Å². The summed E-state index contributed by atoms with van der Waals surface area (Å²) in [6.45, 7) is 6.43. The van der Waals surface area contributed by atoms with Gasteiger partial charge in [-0.05, 0) is 69.8 Å². The van der Waals surface area contributed by atoms with Gasteiger partial charge >= 0.3 is 12.0 Å². The van der Waals surface area contributed by atoms with Crippen LogP contribution in [0.3, 0.4) is 0 Å². The van der Waals surface area contributed by atoms with E-state index in [2.05, 4.69) is 42.5 Å². The molecule has 26 heavy (non-hydrogen) atoms. The molecule has 142 valence electrons. The first-order valence-corrected chi connectivity index (χ1v) is 10.1. The van der Waals surface area contributed by atoms with E-state index in [4.69, 9.17) is 9.47 Å². The molecular formula is C18H22Br2N2O4. The van der Waals surface area contributed by atoms with Crippen LogP contribution in [0.25, 0.3) is 0 Å². The number of hydrogen-bond donors (Lipinski definition) is 2. The first kappa shape index (κ1) is 20.8. The van der Waals surface area contributed by atoms with Crippen LogP contribution in [-0.4, -0.2) is 25.2 Å². The Morgan fingerprint density at radius 3 is 2.35 bits per heavy atom. The van der Waals surface area contributed by atoms with Crippen molar-refractivity contribution in [1.82, 2.24) is 10.6 Å². The maximum atomic E-state index is 12.6. The topological polar surface area (TPSA) is 76.7 Å². The lowest BCUT2D eigenvalue weighted by atomic mass is 9.94. The van der Waals surface area contributed by atoms with Gasteiger partial charge in [-0.3, -0.25) is 0 Å². The fraction of sp³-hybridized carbons (Fsp3) is 0.444. The van der Waals surface area contributed by atoms with Crippen molar-refractivity contribution in [3.63, 3.8) is 0 Å². The number of carbonyl (C=O) groups is 2. The molecule has 1 unspecified atom stereocenters. The summed E-state index contributed by atoms with van der Waals surface area (Å²) in [4.78, 5) is 24.7. The third-order valence-electron chi connectivity index (χ3n) is 3.79. The van der Waals surface area contributed by atoms with Crippen LogP contribution in [0, 0.1) is 0 Å². The Morgan fingerprint density at radius 1 is 1.15 bits per heavy atom. The van der Waals surface area contributed by atoms with Crippen LogP contribution >= 0.6 is 31.9 Å². The van der Waals surface area contributed by atoms with Crippen molar-refractivity contribution in [1.29, 1.82) is 0 Å². The molecular weight excluding hydrogens is 468 g/mol. The predicted octanol–water partition coefficient (Wildman–Crippen LogP) is 4.58. The summed E-state index contributed by atoms with van der Waals surface area (Å²) in [5, 5.41) is 5.57. The third-order valence-corrected chi connectivity index (χ3v) is 4.97. The molecule has 0 aliphatic carbocycles. The van der Waals surface area contributed by atoms with Gasteiger partial charge in [0.1, 0.15) is 5.75 Å². The van der Waals surface area contributed by atoms with Crippen molar-refractivity contribution in [2.45, 2.75) is 39.7 Å². The summed E-state index contributed by atoms with van der Waals surface area (Å²) in [5.74, 6) is 0.238. The Morgan fingerprint density at radius 2 is 1.81 bits per heavy atom. The number of urea groups is 1. The van der Waals surface area contributed by atoms with Crippen molar-refractivity contribution in [2.75, 3.05) is 13.2 Å². The highest BCUT2D eigenvalue weighted by atomic mass is 79.9. The molecule has 0 spiro atoms. The zero-order valence-electron chi connectivity index (χ0n) is 14.9. The van der Waals surface area contributed by atoms with Gasteiger partial charge in [0.25, 0.3) is 0 Å². The summed E-state index contributed by atoms with van der Waals surface area (Å²) in [6, 6.07) is 2.74. The second kappa shape index (κ2) is 9.41. The second-order valence-corrected chi connectivity index (χ2v) is 7.35. The van der Waals surface area contributed by atoms with Crippen LogP contribution in [0.4, 0.5) is 4.79 Å². The highest BCUT2D eigenvalue weighted by molar-refractivity contribution is 9.11. The zero-order chi connectivity index (χ0) is 19.3. The average Bonchev–Trinajstić information content (AvgIpc) is 2.58. The number of amides is 2. The minimum absolute atomic E-state index is 0.263. The van der Waals surface area contributed by atoms with Crippen LogP contribution in [0.2, 0.25) is 0 Å².